The first kappa shape index (κ1) is 13.1. The molecule has 1 fully saturated rings. The lowest BCUT2D eigenvalue weighted by Crippen LogP contribution is -2.39. The zero-order chi connectivity index (χ0) is 13.4. The molecule has 1 aliphatic carbocycles. The summed E-state index contributed by atoms with van der Waals surface area (Å²) in [5.41, 5.74) is -0.214. The van der Waals surface area contributed by atoms with Gasteiger partial charge in [0.25, 0.3) is 5.56 Å². The first-order chi connectivity index (χ1) is 8.32. The summed E-state index contributed by atoms with van der Waals surface area (Å²) in [4.78, 5) is 16.6. The summed E-state index contributed by atoms with van der Waals surface area (Å²) in [7, 11) is 0. The Morgan fingerprint density at radius 3 is 2.50 bits per heavy atom. The van der Waals surface area contributed by atoms with E-state index in [9.17, 15) is 4.79 Å². The van der Waals surface area contributed by atoms with E-state index in [4.69, 9.17) is 0 Å². The van der Waals surface area contributed by atoms with Crippen LogP contribution in [0.15, 0.2) is 17.2 Å². The second-order valence-electron chi connectivity index (χ2n) is 6.51. The zero-order valence-corrected chi connectivity index (χ0v) is 11.8. The van der Waals surface area contributed by atoms with Gasteiger partial charge >= 0.3 is 0 Å². The molecule has 0 saturated heterocycles. The third-order valence-corrected chi connectivity index (χ3v) is 3.69. The molecule has 0 unspecified atom stereocenters. The third-order valence-electron chi connectivity index (χ3n) is 3.69. The third kappa shape index (κ3) is 2.57. The van der Waals surface area contributed by atoms with Crippen LogP contribution in [0.2, 0.25) is 0 Å². The fraction of sp³-hybridized carbons (Fsp3) is 0.714. The van der Waals surface area contributed by atoms with Crippen LogP contribution in [-0.4, -0.2) is 15.1 Å². The average Bonchev–Trinajstić information content (AvgIpc) is 2.67. The predicted octanol–water partition coefficient (Wildman–Crippen LogP) is 2.74. The standard InChI is InChI=1S/C14H23N3O/c1-13(2,3)17-10-9-15-11(12(17)18)16-14(4)7-5-6-8-14/h9-10H,5-8H2,1-4H3,(H,15,16). The van der Waals surface area contributed by atoms with Gasteiger partial charge in [0.15, 0.2) is 5.82 Å². The Hall–Kier alpha value is -1.32. The molecule has 0 atom stereocenters. The number of rotatable bonds is 2. The molecule has 0 aromatic carbocycles. The van der Waals surface area contributed by atoms with Gasteiger partial charge in [0.2, 0.25) is 0 Å². The zero-order valence-electron chi connectivity index (χ0n) is 11.8. The Balaban J connectivity index is 2.32. The van der Waals surface area contributed by atoms with Crippen molar-refractivity contribution in [2.24, 2.45) is 0 Å². The highest BCUT2D eigenvalue weighted by Crippen LogP contribution is 2.31. The monoisotopic (exact) mass is 249 g/mol. The van der Waals surface area contributed by atoms with Crippen molar-refractivity contribution >= 4 is 5.82 Å². The van der Waals surface area contributed by atoms with Crippen molar-refractivity contribution in [2.75, 3.05) is 5.32 Å². The van der Waals surface area contributed by atoms with Gasteiger partial charge in [0, 0.05) is 23.5 Å². The molecule has 1 aromatic rings. The molecule has 0 bridgehead atoms. The first-order valence-electron chi connectivity index (χ1n) is 6.68. The van der Waals surface area contributed by atoms with Crippen LogP contribution in [0.5, 0.6) is 0 Å². The molecule has 100 valence electrons. The topological polar surface area (TPSA) is 46.9 Å². The number of aromatic nitrogens is 2. The Morgan fingerprint density at radius 2 is 1.94 bits per heavy atom. The molecule has 4 heteroatoms. The average molecular weight is 249 g/mol. The number of anilines is 1. The molecular formula is C14H23N3O. The van der Waals surface area contributed by atoms with Crippen molar-refractivity contribution in [3.8, 4) is 0 Å². The smallest absolute Gasteiger partial charge is 0.293 e. The van der Waals surface area contributed by atoms with Gasteiger partial charge in [-0.15, -0.1) is 0 Å². The molecule has 0 spiro atoms. The van der Waals surface area contributed by atoms with Gasteiger partial charge in [0.05, 0.1) is 0 Å². The van der Waals surface area contributed by atoms with E-state index in [-0.39, 0.29) is 16.6 Å². The van der Waals surface area contributed by atoms with E-state index in [0.29, 0.717) is 5.82 Å². The minimum Gasteiger partial charge on any atom is -0.360 e. The maximum atomic E-state index is 12.4. The number of nitrogens with one attached hydrogen (secondary N) is 1. The van der Waals surface area contributed by atoms with Gasteiger partial charge in [-0.25, -0.2) is 4.98 Å². The van der Waals surface area contributed by atoms with Crippen molar-refractivity contribution in [3.05, 3.63) is 22.7 Å². The van der Waals surface area contributed by atoms with Crippen LogP contribution in [0.25, 0.3) is 0 Å². The van der Waals surface area contributed by atoms with Crippen molar-refractivity contribution in [3.63, 3.8) is 0 Å². The molecule has 1 aromatic heterocycles. The van der Waals surface area contributed by atoms with Gasteiger partial charge in [0.1, 0.15) is 0 Å². The van der Waals surface area contributed by atoms with Crippen LogP contribution < -0.4 is 10.9 Å². The Bertz CT molecular complexity index is 479. The second kappa shape index (κ2) is 4.41. The van der Waals surface area contributed by atoms with Gasteiger partial charge in [-0.3, -0.25) is 4.79 Å². The Kier molecular flexibility index (Phi) is 3.21. The lowest BCUT2D eigenvalue weighted by atomic mass is 10.0. The van der Waals surface area contributed by atoms with Crippen molar-refractivity contribution in [1.29, 1.82) is 0 Å². The van der Waals surface area contributed by atoms with Gasteiger partial charge < -0.3 is 9.88 Å². The number of nitrogens with zero attached hydrogens (tertiary/aromatic N) is 2. The summed E-state index contributed by atoms with van der Waals surface area (Å²) < 4.78 is 1.74. The largest absolute Gasteiger partial charge is 0.360 e. The highest BCUT2D eigenvalue weighted by atomic mass is 16.1. The van der Waals surface area contributed by atoms with Crippen molar-refractivity contribution < 1.29 is 0 Å². The lowest BCUT2D eigenvalue weighted by molar-refractivity contribution is 0.382. The summed E-state index contributed by atoms with van der Waals surface area (Å²) in [6.45, 7) is 8.25. The minimum atomic E-state index is -0.215. The van der Waals surface area contributed by atoms with E-state index in [0.717, 1.165) is 12.8 Å². The van der Waals surface area contributed by atoms with E-state index >= 15 is 0 Å². The Labute approximate surface area is 108 Å². The molecular weight excluding hydrogens is 226 g/mol. The first-order valence-corrected chi connectivity index (χ1v) is 6.68. The van der Waals surface area contributed by atoms with Crippen LogP contribution in [-0.2, 0) is 5.54 Å². The van der Waals surface area contributed by atoms with Crippen LogP contribution in [0, 0.1) is 0 Å². The predicted molar refractivity (Wildman–Crippen MR) is 74.0 cm³/mol. The molecule has 1 N–H and O–H groups in total. The van der Waals surface area contributed by atoms with E-state index in [2.05, 4.69) is 17.2 Å². The summed E-state index contributed by atoms with van der Waals surface area (Å²) in [5.74, 6) is 0.483. The molecule has 0 radical (unpaired) electrons. The van der Waals surface area contributed by atoms with Gasteiger partial charge in [-0.1, -0.05) is 12.8 Å². The molecule has 4 nitrogen and oxygen atoms in total. The summed E-state index contributed by atoms with van der Waals surface area (Å²) in [6, 6.07) is 0. The van der Waals surface area contributed by atoms with Crippen molar-refractivity contribution in [2.45, 2.75) is 64.5 Å². The van der Waals surface area contributed by atoms with Gasteiger partial charge in [-0.2, -0.15) is 0 Å². The highest BCUT2D eigenvalue weighted by Gasteiger charge is 2.30. The van der Waals surface area contributed by atoms with Crippen LogP contribution in [0.3, 0.4) is 0 Å². The molecule has 2 rings (SSSR count). The van der Waals surface area contributed by atoms with Crippen LogP contribution in [0.1, 0.15) is 53.4 Å². The second-order valence-corrected chi connectivity index (χ2v) is 6.51. The molecule has 1 saturated carbocycles. The maximum Gasteiger partial charge on any atom is 0.293 e. The normalized spacial score (nSPS) is 18.9. The summed E-state index contributed by atoms with van der Waals surface area (Å²) in [5, 5.41) is 3.35. The Morgan fingerprint density at radius 1 is 1.33 bits per heavy atom. The van der Waals surface area contributed by atoms with Gasteiger partial charge in [-0.05, 0) is 40.5 Å². The SMILES string of the molecule is CC1(Nc2nccn(C(C)(C)C)c2=O)CCCC1. The van der Waals surface area contributed by atoms with E-state index in [1.165, 1.54) is 12.8 Å². The summed E-state index contributed by atoms with van der Waals surface area (Å²) in [6.07, 6.45) is 8.13. The quantitative estimate of drug-likeness (QED) is 0.876. The highest BCUT2D eigenvalue weighted by molar-refractivity contribution is 5.35. The molecule has 0 amide bonds. The number of hydrogen-bond acceptors (Lipinski definition) is 3. The maximum absolute atomic E-state index is 12.4. The van der Waals surface area contributed by atoms with Crippen LogP contribution in [0.4, 0.5) is 5.82 Å². The fourth-order valence-corrected chi connectivity index (χ4v) is 2.59. The van der Waals surface area contributed by atoms with E-state index in [1.807, 2.05) is 20.8 Å². The molecule has 18 heavy (non-hydrogen) atoms. The fourth-order valence-electron chi connectivity index (χ4n) is 2.59. The minimum absolute atomic E-state index is 0.0295. The van der Waals surface area contributed by atoms with E-state index in [1.54, 1.807) is 17.0 Å². The van der Waals surface area contributed by atoms with E-state index < -0.39 is 0 Å². The number of hydrogen-bond donors (Lipinski definition) is 1. The summed E-state index contributed by atoms with van der Waals surface area (Å²) >= 11 is 0. The van der Waals surface area contributed by atoms with Crippen LogP contribution >= 0.6 is 0 Å². The molecule has 1 heterocycles. The molecule has 1 aliphatic rings. The molecule has 0 aliphatic heterocycles. The van der Waals surface area contributed by atoms with Crippen molar-refractivity contribution in [1.82, 2.24) is 9.55 Å². The lowest BCUT2D eigenvalue weighted by Gasteiger charge is -2.27.